The van der Waals surface area contributed by atoms with E-state index in [-0.39, 0.29) is 71.6 Å². The van der Waals surface area contributed by atoms with Crippen molar-refractivity contribution in [1.82, 2.24) is 0 Å². The number of hydrogen-bond donors (Lipinski definition) is 6. The maximum Gasteiger partial charge on any atom is 0.186 e. The van der Waals surface area contributed by atoms with Crippen molar-refractivity contribution in [2.75, 3.05) is 13.7 Å². The predicted molar refractivity (Wildman–Crippen MR) is 156 cm³/mol. The van der Waals surface area contributed by atoms with Crippen LogP contribution >= 0.6 is 0 Å². The Morgan fingerprint density at radius 1 is 0.881 bits per heavy atom. The molecule has 0 aromatic heterocycles. The Hall–Kier alpha value is -0.360. The zero-order valence-corrected chi connectivity index (χ0v) is 26.6. The van der Waals surface area contributed by atoms with Crippen molar-refractivity contribution in [2.24, 2.45) is 46.3 Å². The summed E-state index contributed by atoms with van der Waals surface area (Å²) in [5.74, 6) is 0.355. The van der Waals surface area contributed by atoms with Crippen LogP contribution in [0.2, 0.25) is 0 Å². The first-order valence-corrected chi connectivity index (χ1v) is 16.6. The molecule has 4 saturated carbocycles. The Labute approximate surface area is 251 Å². The van der Waals surface area contributed by atoms with Crippen LogP contribution < -0.4 is 0 Å². The summed E-state index contributed by atoms with van der Waals surface area (Å²) in [6.45, 7) is 10.9. The van der Waals surface area contributed by atoms with Gasteiger partial charge in [-0.05, 0) is 91.8 Å². The molecule has 0 aromatic rings. The highest BCUT2D eigenvalue weighted by Gasteiger charge is 2.70. The number of methoxy groups -OCH3 is 1. The van der Waals surface area contributed by atoms with E-state index in [9.17, 15) is 30.6 Å². The number of aliphatic hydroxyl groups is 6. The van der Waals surface area contributed by atoms with Crippen LogP contribution in [-0.2, 0) is 14.2 Å². The molecule has 0 amide bonds. The predicted octanol–water partition coefficient (Wildman–Crippen LogP) is 2.61. The van der Waals surface area contributed by atoms with Gasteiger partial charge in [0.15, 0.2) is 6.29 Å². The van der Waals surface area contributed by atoms with Gasteiger partial charge in [0.2, 0.25) is 0 Å². The summed E-state index contributed by atoms with van der Waals surface area (Å²) >= 11 is 0. The molecule has 5 fully saturated rings. The third kappa shape index (κ3) is 5.41. The van der Waals surface area contributed by atoms with Crippen LogP contribution in [0, 0.1) is 46.3 Å². The van der Waals surface area contributed by atoms with Crippen LogP contribution in [0.25, 0.3) is 0 Å². The second kappa shape index (κ2) is 12.1. The summed E-state index contributed by atoms with van der Waals surface area (Å²) < 4.78 is 17.2. The van der Waals surface area contributed by atoms with Crippen LogP contribution in [0.15, 0.2) is 0 Å². The first kappa shape index (κ1) is 33.0. The highest BCUT2D eigenvalue weighted by Crippen LogP contribution is 2.69. The number of ether oxygens (including phenoxy) is 3. The molecule has 244 valence electrons. The topological polar surface area (TPSA) is 149 Å². The van der Waals surface area contributed by atoms with Crippen molar-refractivity contribution in [2.45, 2.75) is 147 Å². The van der Waals surface area contributed by atoms with Gasteiger partial charge in [0, 0.05) is 19.4 Å². The third-order valence-electron chi connectivity index (χ3n) is 13.1. The van der Waals surface area contributed by atoms with Gasteiger partial charge in [-0.25, -0.2) is 0 Å². The van der Waals surface area contributed by atoms with E-state index in [1.165, 1.54) is 7.11 Å². The molecule has 16 atom stereocenters. The quantitative estimate of drug-likeness (QED) is 0.248. The second-order valence-electron chi connectivity index (χ2n) is 15.7. The number of hydrogen-bond acceptors (Lipinski definition) is 9. The van der Waals surface area contributed by atoms with Crippen molar-refractivity contribution in [3.05, 3.63) is 0 Å². The van der Waals surface area contributed by atoms with Crippen LogP contribution in [-0.4, -0.2) is 99.0 Å². The zero-order valence-electron chi connectivity index (χ0n) is 26.6. The molecule has 5 aliphatic rings. The lowest BCUT2D eigenvalue weighted by atomic mass is 9.42. The van der Waals surface area contributed by atoms with E-state index in [2.05, 4.69) is 34.6 Å². The minimum Gasteiger partial charge on any atom is -0.393 e. The SMILES string of the molecule is CO[C@@H]1[C@@H](O)[C@H](O[C@@H](CC[C@@H](C)[C@H]2C[C@H](O)C3[C@]4(O)C[C@H](O)C5C[C@@H](O)CC[C@]5(C)C4CC[C@@]32C)C(C)C)OC[C@H]1O. The molecule has 42 heavy (non-hydrogen) atoms. The van der Waals surface area contributed by atoms with Crippen molar-refractivity contribution < 1.29 is 44.8 Å². The molecule has 3 unspecified atom stereocenters. The minimum absolute atomic E-state index is 0.00256. The standard InChI is InChI=1S/C33H58O9/c1-17(2)25(42-30-27(38)28(40-6)24(37)16-41-30)8-7-18(3)20-14-22(35)29-32(20,5)12-10-26-31(4)11-9-19(34)13-21(31)23(36)15-33(26,29)39/h17-30,34-39H,7-16H2,1-6H3/t18-,19+,20-,21?,22+,23+,24-,25+,26?,27-,28+,29?,30+,31+,32-,33+/m1/s1. The fourth-order valence-electron chi connectivity index (χ4n) is 10.9. The van der Waals surface area contributed by atoms with Crippen molar-refractivity contribution in [3.8, 4) is 0 Å². The first-order valence-electron chi connectivity index (χ1n) is 16.6. The van der Waals surface area contributed by atoms with Crippen LogP contribution in [0.3, 0.4) is 0 Å². The lowest BCUT2D eigenvalue weighted by molar-refractivity contribution is -0.290. The highest BCUT2D eigenvalue weighted by molar-refractivity contribution is 5.20. The molecule has 1 heterocycles. The molecule has 9 nitrogen and oxygen atoms in total. The summed E-state index contributed by atoms with van der Waals surface area (Å²) in [7, 11) is 1.46. The van der Waals surface area contributed by atoms with Gasteiger partial charge >= 0.3 is 0 Å². The molecular formula is C33H58O9. The number of fused-ring (bicyclic) bond motifs is 5. The average molecular weight is 599 g/mol. The van der Waals surface area contributed by atoms with Gasteiger partial charge in [-0.2, -0.15) is 0 Å². The molecule has 1 aliphatic heterocycles. The average Bonchev–Trinajstić information content (AvgIpc) is 3.19. The van der Waals surface area contributed by atoms with E-state index >= 15 is 0 Å². The van der Waals surface area contributed by atoms with E-state index in [0.717, 1.165) is 32.1 Å². The van der Waals surface area contributed by atoms with E-state index in [1.807, 2.05) is 0 Å². The smallest absolute Gasteiger partial charge is 0.186 e. The number of aliphatic hydroxyl groups excluding tert-OH is 5. The molecule has 9 heteroatoms. The van der Waals surface area contributed by atoms with Gasteiger partial charge in [0.25, 0.3) is 0 Å². The Kier molecular flexibility index (Phi) is 9.51. The maximum atomic E-state index is 12.5. The molecule has 6 N–H and O–H groups in total. The molecule has 0 aromatic carbocycles. The van der Waals surface area contributed by atoms with Crippen molar-refractivity contribution >= 4 is 0 Å². The van der Waals surface area contributed by atoms with E-state index in [4.69, 9.17) is 14.2 Å². The second-order valence-corrected chi connectivity index (χ2v) is 15.7. The monoisotopic (exact) mass is 598 g/mol. The van der Waals surface area contributed by atoms with Gasteiger partial charge < -0.3 is 44.8 Å². The first-order chi connectivity index (χ1) is 19.7. The van der Waals surface area contributed by atoms with Crippen LogP contribution in [0.5, 0.6) is 0 Å². The van der Waals surface area contributed by atoms with Gasteiger partial charge in [0.05, 0.1) is 36.6 Å². The summed E-state index contributed by atoms with van der Waals surface area (Å²) in [6, 6.07) is 0. The summed E-state index contributed by atoms with van der Waals surface area (Å²) in [5.41, 5.74) is -1.63. The molecule has 1 saturated heterocycles. The molecule has 5 rings (SSSR count). The van der Waals surface area contributed by atoms with Gasteiger partial charge in [-0.1, -0.05) is 34.6 Å². The van der Waals surface area contributed by atoms with Crippen molar-refractivity contribution in [1.29, 1.82) is 0 Å². The summed E-state index contributed by atoms with van der Waals surface area (Å²) in [5, 5.41) is 66.7. The molecule has 0 spiro atoms. The van der Waals surface area contributed by atoms with E-state index in [0.29, 0.717) is 19.3 Å². The normalized spacial score (nSPS) is 52.4. The fraction of sp³-hybridized carbons (Fsp3) is 1.00. The third-order valence-corrected chi connectivity index (χ3v) is 13.1. The van der Waals surface area contributed by atoms with E-state index < -0.39 is 42.4 Å². The fourth-order valence-corrected chi connectivity index (χ4v) is 10.9. The molecule has 0 radical (unpaired) electrons. The largest absolute Gasteiger partial charge is 0.393 e. The van der Waals surface area contributed by atoms with Gasteiger partial charge in [-0.3, -0.25) is 0 Å². The highest BCUT2D eigenvalue weighted by atomic mass is 16.7. The Morgan fingerprint density at radius 2 is 1.57 bits per heavy atom. The van der Waals surface area contributed by atoms with Crippen LogP contribution in [0.4, 0.5) is 0 Å². The maximum absolute atomic E-state index is 12.5. The lowest BCUT2D eigenvalue weighted by Crippen LogP contribution is -2.68. The Morgan fingerprint density at radius 3 is 2.24 bits per heavy atom. The van der Waals surface area contributed by atoms with Crippen molar-refractivity contribution in [3.63, 3.8) is 0 Å². The van der Waals surface area contributed by atoms with Crippen LogP contribution in [0.1, 0.15) is 92.4 Å². The minimum atomic E-state index is -1.13. The molecular weight excluding hydrogens is 540 g/mol. The summed E-state index contributed by atoms with van der Waals surface area (Å²) in [4.78, 5) is 0. The summed E-state index contributed by atoms with van der Waals surface area (Å²) in [6.07, 6.45) is 0.929. The lowest BCUT2D eigenvalue weighted by Gasteiger charge is -2.66. The Balaban J connectivity index is 1.28. The van der Waals surface area contributed by atoms with E-state index in [1.54, 1.807) is 0 Å². The Bertz CT molecular complexity index is 933. The molecule has 0 bridgehead atoms. The van der Waals surface area contributed by atoms with Gasteiger partial charge in [0.1, 0.15) is 18.3 Å². The molecule has 4 aliphatic carbocycles. The van der Waals surface area contributed by atoms with Gasteiger partial charge in [-0.15, -0.1) is 0 Å². The zero-order chi connectivity index (χ0) is 30.8. The number of rotatable bonds is 8.